The van der Waals surface area contributed by atoms with Crippen LogP contribution in [-0.2, 0) is 0 Å². The molecule has 5 heteroatoms. The number of benzene rings is 1. The maximum atomic E-state index is 6.11. The fraction of sp³-hybridized carbons (Fsp3) is 0.536. The van der Waals surface area contributed by atoms with Crippen molar-refractivity contribution in [1.29, 1.82) is 0 Å². The maximum absolute atomic E-state index is 6.11. The van der Waals surface area contributed by atoms with Gasteiger partial charge in [0, 0.05) is 18.3 Å². The van der Waals surface area contributed by atoms with E-state index < -0.39 is 0 Å². The summed E-state index contributed by atoms with van der Waals surface area (Å²) in [6, 6.07) is 5.91. The van der Waals surface area contributed by atoms with E-state index in [9.17, 15) is 0 Å². The monoisotopic (exact) mass is 451 g/mol. The summed E-state index contributed by atoms with van der Waals surface area (Å²) in [6.45, 7) is 17.3. The Hall–Kier alpha value is -2.53. The minimum atomic E-state index is 0.456. The third kappa shape index (κ3) is 6.73. The van der Waals surface area contributed by atoms with Crippen LogP contribution in [0.15, 0.2) is 53.2 Å². The van der Waals surface area contributed by atoms with Gasteiger partial charge < -0.3 is 20.1 Å². The number of likely N-dealkylation sites (tertiary alicyclic amines) is 1. The first-order valence-electron chi connectivity index (χ1n) is 12.3. The van der Waals surface area contributed by atoms with Crippen LogP contribution in [0.4, 0.5) is 0 Å². The molecule has 0 aromatic heterocycles. The van der Waals surface area contributed by atoms with Gasteiger partial charge in [0.1, 0.15) is 19.0 Å². The van der Waals surface area contributed by atoms with Crippen LogP contribution in [0.5, 0.6) is 11.5 Å². The Morgan fingerprint density at radius 1 is 1.15 bits per heavy atom. The minimum Gasteiger partial charge on any atom is -0.486 e. The largest absolute Gasteiger partial charge is 0.486 e. The van der Waals surface area contributed by atoms with Crippen molar-refractivity contribution in [2.45, 2.75) is 53.4 Å². The van der Waals surface area contributed by atoms with Crippen LogP contribution in [0.25, 0.3) is 5.57 Å². The van der Waals surface area contributed by atoms with Crippen molar-refractivity contribution in [3.8, 4) is 11.5 Å². The van der Waals surface area contributed by atoms with Crippen LogP contribution >= 0.6 is 0 Å². The van der Waals surface area contributed by atoms with Crippen molar-refractivity contribution >= 4 is 11.4 Å². The lowest BCUT2D eigenvalue weighted by atomic mass is 9.76. The molecule has 5 nitrogen and oxygen atoms in total. The molecule has 180 valence electrons. The zero-order chi connectivity index (χ0) is 23.8. The molecule has 1 aliphatic carbocycles. The molecule has 1 aromatic carbocycles. The van der Waals surface area contributed by atoms with Gasteiger partial charge in [-0.15, -0.1) is 0 Å². The summed E-state index contributed by atoms with van der Waals surface area (Å²) in [5, 5.41) is 0. The van der Waals surface area contributed by atoms with Crippen molar-refractivity contribution in [1.82, 2.24) is 4.90 Å². The second kappa shape index (κ2) is 12.1. The average molecular weight is 452 g/mol. The van der Waals surface area contributed by atoms with Gasteiger partial charge >= 0.3 is 0 Å². The smallest absolute Gasteiger partial charge is 0.161 e. The molecule has 0 amide bonds. The van der Waals surface area contributed by atoms with E-state index >= 15 is 0 Å². The first-order valence-corrected chi connectivity index (χ1v) is 12.3. The van der Waals surface area contributed by atoms with Crippen molar-refractivity contribution in [2.75, 3.05) is 32.8 Å². The lowest BCUT2D eigenvalue weighted by molar-refractivity contribution is 0.150. The fourth-order valence-corrected chi connectivity index (χ4v) is 5.04. The van der Waals surface area contributed by atoms with Crippen molar-refractivity contribution in [2.24, 2.45) is 22.6 Å². The molecular weight excluding hydrogens is 410 g/mol. The summed E-state index contributed by atoms with van der Waals surface area (Å²) < 4.78 is 11.2. The van der Waals surface area contributed by atoms with E-state index in [-0.39, 0.29) is 0 Å². The summed E-state index contributed by atoms with van der Waals surface area (Å²) in [6.07, 6.45) is 9.37. The standard InChI is InChI=1S/C18H22N2O2.C10H19N/c1-5-14(17(12(3)4)18(19)20-6-2)13-7-8-15-16(11-13)22-10-9-21-15;1-9-6-10(7-9)8-11-4-2-3-5-11/h5-8,11H,2,9-10H2,1,3-4H3,(H2,19,20);9-10H,2-8H2,1H3/b14-5-;. The summed E-state index contributed by atoms with van der Waals surface area (Å²) in [5.74, 6) is 4.08. The summed E-state index contributed by atoms with van der Waals surface area (Å²) in [5.41, 5.74) is 10.1. The zero-order valence-electron chi connectivity index (χ0n) is 20.9. The number of allylic oxidation sites excluding steroid dienone is 2. The van der Waals surface area contributed by atoms with Crippen LogP contribution in [0, 0.1) is 11.8 Å². The van der Waals surface area contributed by atoms with Gasteiger partial charge in [0.15, 0.2) is 11.5 Å². The first kappa shape index (κ1) is 25.1. The number of amidine groups is 1. The molecule has 0 radical (unpaired) electrons. The highest BCUT2D eigenvalue weighted by Crippen LogP contribution is 2.36. The molecule has 1 saturated heterocycles. The molecule has 0 spiro atoms. The Bertz CT molecular complexity index is 900. The Morgan fingerprint density at radius 2 is 1.82 bits per heavy atom. The third-order valence-corrected chi connectivity index (χ3v) is 6.58. The molecule has 0 unspecified atom stereocenters. The van der Waals surface area contributed by atoms with Gasteiger partial charge in [0.2, 0.25) is 0 Å². The SMILES string of the molecule is C=CN=C(N)C(=C(C)C)/C(=C\C)c1ccc2c(c1)OCCO2.CC1CC(CN2CCCC2)C1. The molecule has 1 saturated carbocycles. The van der Waals surface area contributed by atoms with Crippen molar-refractivity contribution in [3.05, 3.63) is 53.8 Å². The van der Waals surface area contributed by atoms with Crippen LogP contribution < -0.4 is 15.2 Å². The minimum absolute atomic E-state index is 0.456. The number of ether oxygens (including phenoxy) is 2. The van der Waals surface area contributed by atoms with Gasteiger partial charge in [-0.3, -0.25) is 0 Å². The molecular formula is C28H41N3O2. The Labute approximate surface area is 200 Å². The number of rotatable bonds is 6. The Morgan fingerprint density at radius 3 is 2.39 bits per heavy atom. The quantitative estimate of drug-likeness (QED) is 0.336. The van der Waals surface area contributed by atoms with Crippen LogP contribution in [0.1, 0.15) is 58.9 Å². The number of fused-ring (bicyclic) bond motifs is 1. The highest BCUT2D eigenvalue weighted by atomic mass is 16.6. The summed E-state index contributed by atoms with van der Waals surface area (Å²) >= 11 is 0. The average Bonchev–Trinajstić information content (AvgIpc) is 3.29. The van der Waals surface area contributed by atoms with E-state index in [4.69, 9.17) is 15.2 Å². The highest BCUT2D eigenvalue weighted by molar-refractivity contribution is 6.12. The van der Waals surface area contributed by atoms with Crippen LogP contribution in [0.3, 0.4) is 0 Å². The molecule has 2 fully saturated rings. The van der Waals surface area contributed by atoms with E-state index in [1.807, 2.05) is 45.0 Å². The normalized spacial score (nSPS) is 22.7. The Balaban J connectivity index is 0.000000231. The van der Waals surface area contributed by atoms with Gasteiger partial charge in [-0.05, 0) is 94.6 Å². The van der Waals surface area contributed by atoms with E-state index in [2.05, 4.69) is 23.4 Å². The van der Waals surface area contributed by atoms with Gasteiger partial charge in [0.25, 0.3) is 0 Å². The molecule has 0 bridgehead atoms. The third-order valence-electron chi connectivity index (χ3n) is 6.58. The molecule has 2 N–H and O–H groups in total. The summed E-state index contributed by atoms with van der Waals surface area (Å²) in [4.78, 5) is 6.78. The van der Waals surface area contributed by atoms with Gasteiger partial charge in [0.05, 0.1) is 0 Å². The van der Waals surface area contributed by atoms with Crippen LogP contribution in [-0.4, -0.2) is 43.6 Å². The first-order chi connectivity index (χ1) is 15.9. The number of hydrogen-bond donors (Lipinski definition) is 1. The fourth-order valence-electron chi connectivity index (χ4n) is 5.04. The van der Waals surface area contributed by atoms with Crippen molar-refractivity contribution in [3.63, 3.8) is 0 Å². The number of hydrogen-bond acceptors (Lipinski definition) is 4. The lowest BCUT2D eigenvalue weighted by Crippen LogP contribution is -2.33. The Kier molecular flexibility index (Phi) is 9.19. The second-order valence-corrected chi connectivity index (χ2v) is 9.58. The topological polar surface area (TPSA) is 60.1 Å². The molecule has 2 aliphatic heterocycles. The zero-order valence-corrected chi connectivity index (χ0v) is 20.9. The van der Waals surface area contributed by atoms with E-state index in [1.54, 1.807) is 0 Å². The van der Waals surface area contributed by atoms with E-state index in [1.165, 1.54) is 51.5 Å². The predicted octanol–water partition coefficient (Wildman–Crippen LogP) is 5.83. The molecule has 2 heterocycles. The van der Waals surface area contributed by atoms with E-state index in [0.29, 0.717) is 19.0 Å². The van der Waals surface area contributed by atoms with Gasteiger partial charge in [-0.1, -0.05) is 31.2 Å². The molecule has 4 rings (SSSR count). The van der Waals surface area contributed by atoms with Gasteiger partial charge in [-0.2, -0.15) is 0 Å². The maximum Gasteiger partial charge on any atom is 0.161 e. The number of nitrogens with zero attached hydrogens (tertiary/aromatic N) is 2. The van der Waals surface area contributed by atoms with E-state index in [0.717, 1.165) is 45.6 Å². The predicted molar refractivity (Wildman–Crippen MR) is 139 cm³/mol. The molecule has 3 aliphatic rings. The van der Waals surface area contributed by atoms with Gasteiger partial charge in [-0.25, -0.2) is 4.99 Å². The molecule has 0 atom stereocenters. The molecule has 33 heavy (non-hydrogen) atoms. The molecule has 1 aromatic rings. The van der Waals surface area contributed by atoms with Crippen molar-refractivity contribution < 1.29 is 9.47 Å². The van der Waals surface area contributed by atoms with Crippen LogP contribution in [0.2, 0.25) is 0 Å². The summed E-state index contributed by atoms with van der Waals surface area (Å²) in [7, 11) is 0. The second-order valence-electron chi connectivity index (χ2n) is 9.58. The number of aliphatic imine (C=N–C) groups is 1. The highest BCUT2D eigenvalue weighted by Gasteiger charge is 2.27. The lowest BCUT2D eigenvalue weighted by Gasteiger charge is -2.35. The number of nitrogens with two attached hydrogens (primary N) is 1.